The predicted octanol–water partition coefficient (Wildman–Crippen LogP) is -1.18. The van der Waals surface area contributed by atoms with Gasteiger partial charge in [-0.2, -0.15) is 0 Å². The minimum atomic E-state index is -1.34. The van der Waals surface area contributed by atoms with Gasteiger partial charge in [0.05, 0.1) is 0 Å². The van der Waals surface area contributed by atoms with Gasteiger partial charge in [-0.15, -0.1) is 0 Å². The Bertz CT molecular complexity index is 68.0. The summed E-state index contributed by atoms with van der Waals surface area (Å²) in [5.41, 5.74) is 0. The molecule has 5 nitrogen and oxygen atoms in total. The van der Waals surface area contributed by atoms with Crippen LogP contribution in [-0.2, 0) is 17.4 Å². The van der Waals surface area contributed by atoms with E-state index in [0.29, 0.717) is 6.47 Å². The molecule has 0 saturated carbocycles. The molecule has 9 heavy (non-hydrogen) atoms. The number of carbonyl (C=O) groups is 1. The minimum absolute atomic E-state index is 0.387. The van der Waals surface area contributed by atoms with Crippen molar-refractivity contribution in [2.24, 2.45) is 0 Å². The molecule has 0 atom stereocenters. The van der Waals surface area contributed by atoms with Crippen LogP contribution in [0.1, 0.15) is 0 Å². The Morgan fingerprint density at radius 3 is 2.78 bits per heavy atom. The Morgan fingerprint density at radius 2 is 2.22 bits per heavy atom. The van der Waals surface area contributed by atoms with Crippen molar-refractivity contribution in [1.82, 2.24) is 0 Å². The van der Waals surface area contributed by atoms with Crippen LogP contribution in [0.2, 0.25) is 0 Å². The Kier molecular flexibility index (Phi) is 9.89. The van der Waals surface area contributed by atoms with Gasteiger partial charge in [0.2, 0.25) is 0 Å². The molecule has 50 valence electrons. The first-order valence-corrected chi connectivity index (χ1v) is 6.52. The molecule has 0 bridgehead atoms. The first kappa shape index (κ1) is 9.95. The fourth-order valence-corrected chi connectivity index (χ4v) is 2.97. The molecule has 0 aromatic rings. The maximum absolute atomic E-state index is 9.52. The third-order valence-corrected chi connectivity index (χ3v) is 5.18. The molecule has 0 fully saturated rings. The monoisotopic (exact) mass is 348 g/mol. The van der Waals surface area contributed by atoms with Gasteiger partial charge in [-0.25, -0.2) is 0 Å². The first-order chi connectivity index (χ1) is 4.41. The van der Waals surface area contributed by atoms with Gasteiger partial charge in [0, 0.05) is 0 Å². The van der Waals surface area contributed by atoms with E-state index in [9.17, 15) is 4.79 Å². The van der Waals surface area contributed by atoms with Gasteiger partial charge in [0.25, 0.3) is 0 Å². The molecule has 0 saturated heterocycles. The van der Waals surface area contributed by atoms with Gasteiger partial charge in [-0.1, -0.05) is 0 Å². The van der Waals surface area contributed by atoms with Crippen LogP contribution >= 0.6 is 0 Å². The van der Waals surface area contributed by atoms with Crippen LogP contribution < -0.4 is 0 Å². The molecule has 7 heteroatoms. The van der Waals surface area contributed by atoms with Crippen LogP contribution in [0.15, 0.2) is 0 Å². The molecule has 0 N–H and O–H groups in total. The van der Waals surface area contributed by atoms with E-state index in [0.717, 1.165) is 0 Å². The van der Waals surface area contributed by atoms with Crippen LogP contribution in [0.4, 0.5) is 0 Å². The summed E-state index contributed by atoms with van der Waals surface area (Å²) in [5.74, 6) is 0. The second kappa shape index (κ2) is 8.95. The molecule has 0 spiro atoms. The zero-order chi connectivity index (χ0) is 6.95. The van der Waals surface area contributed by atoms with E-state index in [1.165, 1.54) is 7.11 Å². The van der Waals surface area contributed by atoms with Crippen molar-refractivity contribution in [3.05, 3.63) is 0 Å². The molecule has 0 unspecified atom stereocenters. The van der Waals surface area contributed by atoms with E-state index >= 15 is 0 Å². The SMILES string of the molecule is CO[O][Sn][O][Sn][O]C=O. The molecule has 0 aromatic carbocycles. The van der Waals surface area contributed by atoms with Crippen molar-refractivity contribution in [2.75, 3.05) is 7.11 Å². The van der Waals surface area contributed by atoms with E-state index in [-0.39, 0.29) is 0 Å². The summed E-state index contributed by atoms with van der Waals surface area (Å²) in [5, 5.41) is 0. The third kappa shape index (κ3) is 8.95. The van der Waals surface area contributed by atoms with Crippen molar-refractivity contribution in [1.29, 1.82) is 0 Å². The number of rotatable bonds is 6. The standard InChI is InChI=1S/CH4O2.CH2O2.O.2Sn/c1-3-2;2-1-3;;;/h2H,1H3;1H,(H,2,3);;;/q;;;2*+1/p-2. The van der Waals surface area contributed by atoms with E-state index in [4.69, 9.17) is 1.41 Å². The van der Waals surface area contributed by atoms with Crippen molar-refractivity contribution in [2.45, 2.75) is 0 Å². The molecule has 0 rings (SSSR count). The van der Waals surface area contributed by atoms with Crippen LogP contribution in [0.5, 0.6) is 0 Å². The first-order valence-electron chi connectivity index (χ1n) is 1.86. The zero-order valence-electron chi connectivity index (χ0n) is 4.62. The topological polar surface area (TPSA) is 54.0 Å². The summed E-state index contributed by atoms with van der Waals surface area (Å²) in [6.07, 6.45) is 0. The molecule has 4 radical (unpaired) electrons. The Balaban J connectivity index is 2.66. The summed E-state index contributed by atoms with van der Waals surface area (Å²) in [7, 11) is 1.41. The quantitative estimate of drug-likeness (QED) is 0.199. The second-order valence-electron chi connectivity index (χ2n) is 0.733. The van der Waals surface area contributed by atoms with Gasteiger partial charge < -0.3 is 0 Å². The number of carbonyl (C=O) groups excluding carboxylic acids is 1. The van der Waals surface area contributed by atoms with E-state index < -0.39 is 43.9 Å². The van der Waals surface area contributed by atoms with E-state index in [1.54, 1.807) is 0 Å². The zero-order valence-corrected chi connectivity index (χ0v) is 10.3. The molecular weight excluding hydrogens is 341 g/mol. The Hall–Kier alpha value is 0.947. The molecule has 0 aliphatic carbocycles. The van der Waals surface area contributed by atoms with Gasteiger partial charge >= 0.3 is 74.9 Å². The fraction of sp³-hybridized carbons (Fsp3) is 0.500. The summed E-state index contributed by atoms with van der Waals surface area (Å²) in [6, 6.07) is 0. The average Bonchev–Trinajstić information content (AvgIpc) is 1.89. The third-order valence-electron chi connectivity index (χ3n) is 0.297. The van der Waals surface area contributed by atoms with Crippen LogP contribution in [0.25, 0.3) is 0 Å². The van der Waals surface area contributed by atoms with Crippen molar-refractivity contribution < 1.29 is 17.4 Å². The summed E-state index contributed by atoms with van der Waals surface area (Å²) >= 11 is -2.62. The molecule has 0 heterocycles. The summed E-state index contributed by atoms with van der Waals surface area (Å²) in [4.78, 5) is 13.8. The van der Waals surface area contributed by atoms with Gasteiger partial charge in [-0.05, 0) is 0 Å². The summed E-state index contributed by atoms with van der Waals surface area (Å²) in [6.45, 7) is 0.387. The van der Waals surface area contributed by atoms with Crippen molar-refractivity contribution in [3.63, 3.8) is 0 Å². The summed E-state index contributed by atoms with van der Waals surface area (Å²) < 4.78 is 13.7. The molecule has 0 aliphatic heterocycles. The Labute approximate surface area is 74.5 Å². The van der Waals surface area contributed by atoms with Crippen LogP contribution in [0.3, 0.4) is 0 Å². The molecule has 0 amide bonds. The van der Waals surface area contributed by atoms with Crippen LogP contribution in [0, 0.1) is 0 Å². The van der Waals surface area contributed by atoms with E-state index in [2.05, 4.69) is 11.2 Å². The van der Waals surface area contributed by atoms with Crippen LogP contribution in [-0.4, -0.2) is 57.5 Å². The normalized spacial score (nSPS) is 9.00. The second-order valence-corrected chi connectivity index (χ2v) is 7.32. The van der Waals surface area contributed by atoms with Gasteiger partial charge in [-0.3, -0.25) is 0 Å². The predicted molar refractivity (Wildman–Crippen MR) is 27.8 cm³/mol. The molecular formula is C2H4O5Sn2. The molecule has 0 aromatic heterocycles. The van der Waals surface area contributed by atoms with Crippen molar-refractivity contribution >= 4 is 50.4 Å². The van der Waals surface area contributed by atoms with Crippen molar-refractivity contribution in [3.8, 4) is 0 Å². The molecule has 0 aliphatic rings. The fourth-order valence-electron chi connectivity index (χ4n) is 0.112. The van der Waals surface area contributed by atoms with E-state index in [1.807, 2.05) is 0 Å². The maximum atomic E-state index is 9.52. The average molecular weight is 345 g/mol. The number of hydrogen-bond acceptors (Lipinski definition) is 5. The van der Waals surface area contributed by atoms with Gasteiger partial charge in [0.1, 0.15) is 0 Å². The Morgan fingerprint density at radius 1 is 1.44 bits per heavy atom. The number of hydrogen-bond donors (Lipinski definition) is 0. The van der Waals surface area contributed by atoms with Gasteiger partial charge in [0.15, 0.2) is 0 Å².